The van der Waals surface area contributed by atoms with Crippen molar-refractivity contribution >= 4 is 44.7 Å². The van der Waals surface area contributed by atoms with E-state index >= 15 is 0 Å². The summed E-state index contributed by atoms with van der Waals surface area (Å²) in [6.45, 7) is 2.96. The minimum Gasteiger partial charge on any atom is -0.370 e. The number of aromatic nitrogens is 1. The maximum atomic E-state index is 13.0. The zero-order chi connectivity index (χ0) is 23.0. The van der Waals surface area contributed by atoms with Gasteiger partial charge in [0.2, 0.25) is 5.91 Å². The molecule has 1 aromatic carbocycles. The minimum atomic E-state index is -4.55. The van der Waals surface area contributed by atoms with Crippen LogP contribution in [0.2, 0.25) is 0 Å². The number of nitrogens with one attached hydrogen (secondary N) is 1. The van der Waals surface area contributed by atoms with Crippen molar-refractivity contribution in [3.05, 3.63) is 52.5 Å². The first-order chi connectivity index (χ1) is 15.1. The predicted octanol–water partition coefficient (Wildman–Crippen LogP) is 4.58. The normalized spacial score (nSPS) is 15.2. The Hall–Kier alpha value is -3.14. The fourth-order valence-corrected chi connectivity index (χ4v) is 4.99. The van der Waals surface area contributed by atoms with Crippen LogP contribution in [0.25, 0.3) is 10.2 Å². The summed E-state index contributed by atoms with van der Waals surface area (Å²) < 4.78 is 39.0. The summed E-state index contributed by atoms with van der Waals surface area (Å²) in [5.74, 6) is -0.851. The molecule has 0 aliphatic carbocycles. The van der Waals surface area contributed by atoms with Crippen molar-refractivity contribution < 1.29 is 22.8 Å². The van der Waals surface area contributed by atoms with Gasteiger partial charge in [-0.05, 0) is 49.6 Å². The number of rotatable bonds is 4. The Morgan fingerprint density at radius 2 is 1.84 bits per heavy atom. The maximum Gasteiger partial charge on any atom is 0.433 e. The fraction of sp³-hybridized carbons (Fsp3) is 0.318. The van der Waals surface area contributed by atoms with E-state index in [9.17, 15) is 22.8 Å². The van der Waals surface area contributed by atoms with Crippen LogP contribution < -0.4 is 16.0 Å². The Morgan fingerprint density at radius 1 is 1.16 bits per heavy atom. The van der Waals surface area contributed by atoms with E-state index in [1.54, 1.807) is 19.1 Å². The molecule has 0 bridgehead atoms. The molecular weight excluding hydrogens is 441 g/mol. The van der Waals surface area contributed by atoms with Gasteiger partial charge in [-0.2, -0.15) is 13.2 Å². The van der Waals surface area contributed by atoms with Crippen LogP contribution in [0.15, 0.2) is 36.4 Å². The number of halogens is 3. The molecule has 0 radical (unpaired) electrons. The van der Waals surface area contributed by atoms with E-state index in [1.807, 2.05) is 12.1 Å². The molecule has 0 unspecified atom stereocenters. The number of nitrogens with two attached hydrogens (primary N) is 1. The van der Waals surface area contributed by atoms with Gasteiger partial charge in [0.1, 0.15) is 10.5 Å². The molecule has 2 amide bonds. The van der Waals surface area contributed by atoms with Gasteiger partial charge >= 0.3 is 6.18 Å². The average Bonchev–Trinajstić information content (AvgIpc) is 3.10. The zero-order valence-corrected chi connectivity index (χ0v) is 18.0. The Bertz CT molecular complexity index is 1180. The van der Waals surface area contributed by atoms with E-state index in [0.717, 1.165) is 23.1 Å². The summed E-state index contributed by atoms with van der Waals surface area (Å²) in [5, 5.41) is 3.42. The van der Waals surface area contributed by atoms with Gasteiger partial charge in [-0.25, -0.2) is 4.98 Å². The molecule has 2 aromatic heterocycles. The quantitative estimate of drug-likeness (QED) is 0.594. The van der Waals surface area contributed by atoms with Crippen LogP contribution >= 0.6 is 11.3 Å². The van der Waals surface area contributed by atoms with E-state index < -0.39 is 17.8 Å². The number of thiophene rings is 1. The standard InChI is InChI=1S/C22H21F3N4O2S/c1-12-14-6-7-17(22(23,24)25)28-21(14)32-18(12)20(31)27-15-4-2-3-5-16(15)29-10-8-13(9-11-29)19(26)30/h2-7,13H,8-11H2,1H3,(H2,26,30)(H,27,31). The molecule has 1 saturated heterocycles. The topological polar surface area (TPSA) is 88.3 Å². The SMILES string of the molecule is Cc1c(C(=O)Nc2ccccc2N2CCC(C(N)=O)CC2)sc2nc(C(F)(F)F)ccc12. The Balaban J connectivity index is 1.58. The highest BCUT2D eigenvalue weighted by atomic mass is 32.1. The lowest BCUT2D eigenvalue weighted by atomic mass is 9.96. The predicted molar refractivity (Wildman–Crippen MR) is 118 cm³/mol. The number of aryl methyl sites for hydroxylation is 1. The first kappa shape index (κ1) is 22.1. The van der Waals surface area contributed by atoms with Crippen LogP contribution in [0.3, 0.4) is 0 Å². The first-order valence-corrected chi connectivity index (χ1v) is 10.9. The summed E-state index contributed by atoms with van der Waals surface area (Å²) in [5.41, 5.74) is 6.43. The number of benzene rings is 1. The molecule has 1 aliphatic heterocycles. The molecule has 0 atom stereocenters. The Labute approximate surface area is 186 Å². The smallest absolute Gasteiger partial charge is 0.370 e. The third kappa shape index (κ3) is 4.27. The number of alkyl halides is 3. The van der Waals surface area contributed by atoms with Gasteiger partial charge in [0.25, 0.3) is 5.91 Å². The Kier molecular flexibility index (Phi) is 5.81. The van der Waals surface area contributed by atoms with Gasteiger partial charge in [0, 0.05) is 24.4 Å². The second-order valence-corrected chi connectivity index (χ2v) is 8.74. The number of hydrogen-bond donors (Lipinski definition) is 2. The highest BCUT2D eigenvalue weighted by Gasteiger charge is 2.33. The summed E-state index contributed by atoms with van der Waals surface area (Å²) in [7, 11) is 0. The first-order valence-electron chi connectivity index (χ1n) is 10.1. The fourth-order valence-electron chi connectivity index (χ4n) is 3.91. The van der Waals surface area contributed by atoms with E-state index in [4.69, 9.17) is 5.73 Å². The Morgan fingerprint density at radius 3 is 2.50 bits per heavy atom. The number of fused-ring (bicyclic) bond motifs is 1. The molecule has 168 valence electrons. The van der Waals surface area contributed by atoms with Crippen molar-refractivity contribution in [3.8, 4) is 0 Å². The van der Waals surface area contributed by atoms with Gasteiger partial charge in [-0.3, -0.25) is 9.59 Å². The van der Waals surface area contributed by atoms with Gasteiger partial charge in [-0.1, -0.05) is 12.1 Å². The van der Waals surface area contributed by atoms with Crippen molar-refractivity contribution in [3.63, 3.8) is 0 Å². The molecule has 0 saturated carbocycles. The molecule has 3 heterocycles. The van der Waals surface area contributed by atoms with Crippen LogP contribution in [0.4, 0.5) is 24.5 Å². The third-order valence-corrected chi connectivity index (χ3v) is 6.89. The van der Waals surface area contributed by atoms with E-state index in [-0.39, 0.29) is 16.7 Å². The van der Waals surface area contributed by atoms with Gasteiger partial charge in [-0.15, -0.1) is 11.3 Å². The van der Waals surface area contributed by atoms with Crippen LogP contribution in [-0.4, -0.2) is 29.9 Å². The second-order valence-electron chi connectivity index (χ2n) is 7.74. The number of amides is 2. The molecule has 4 rings (SSSR count). The molecular formula is C22H21F3N4O2S. The lowest BCUT2D eigenvalue weighted by Crippen LogP contribution is -2.38. The summed E-state index contributed by atoms with van der Waals surface area (Å²) >= 11 is 0.938. The van der Waals surface area contributed by atoms with E-state index in [0.29, 0.717) is 47.4 Å². The van der Waals surface area contributed by atoms with Crippen molar-refractivity contribution in [1.29, 1.82) is 0 Å². The average molecular weight is 462 g/mol. The lowest BCUT2D eigenvalue weighted by Gasteiger charge is -2.33. The highest BCUT2D eigenvalue weighted by Crippen LogP contribution is 2.35. The van der Waals surface area contributed by atoms with Crippen LogP contribution in [0.5, 0.6) is 0 Å². The number of anilines is 2. The molecule has 1 fully saturated rings. The third-order valence-electron chi connectivity index (χ3n) is 5.69. The van der Waals surface area contributed by atoms with Gasteiger partial charge in [0.15, 0.2) is 0 Å². The van der Waals surface area contributed by atoms with E-state index in [2.05, 4.69) is 15.2 Å². The molecule has 1 aliphatic rings. The number of carbonyl (C=O) groups is 2. The number of piperidine rings is 1. The van der Waals surface area contributed by atoms with Gasteiger partial charge in [0.05, 0.1) is 16.3 Å². The number of hydrogen-bond acceptors (Lipinski definition) is 5. The molecule has 0 spiro atoms. The van der Waals surface area contributed by atoms with E-state index in [1.165, 1.54) is 6.07 Å². The monoisotopic (exact) mass is 462 g/mol. The van der Waals surface area contributed by atoms with Crippen LogP contribution in [0, 0.1) is 12.8 Å². The van der Waals surface area contributed by atoms with Crippen molar-refractivity contribution in [2.45, 2.75) is 25.9 Å². The van der Waals surface area contributed by atoms with Crippen molar-refractivity contribution in [2.75, 3.05) is 23.3 Å². The lowest BCUT2D eigenvalue weighted by molar-refractivity contribution is -0.140. The molecule has 6 nitrogen and oxygen atoms in total. The largest absolute Gasteiger partial charge is 0.433 e. The number of nitrogens with zero attached hydrogens (tertiary/aromatic N) is 2. The second kappa shape index (κ2) is 8.42. The minimum absolute atomic E-state index is 0.150. The van der Waals surface area contributed by atoms with Gasteiger partial charge < -0.3 is 16.0 Å². The zero-order valence-electron chi connectivity index (χ0n) is 17.2. The van der Waals surface area contributed by atoms with Crippen molar-refractivity contribution in [1.82, 2.24) is 4.98 Å². The number of primary amides is 1. The number of carbonyl (C=O) groups excluding carboxylic acids is 2. The number of para-hydroxylation sites is 2. The number of pyridine rings is 1. The summed E-state index contributed by atoms with van der Waals surface area (Å²) in [6.07, 6.45) is -3.27. The van der Waals surface area contributed by atoms with Crippen LogP contribution in [-0.2, 0) is 11.0 Å². The van der Waals surface area contributed by atoms with Crippen molar-refractivity contribution in [2.24, 2.45) is 11.7 Å². The molecule has 10 heteroatoms. The highest BCUT2D eigenvalue weighted by molar-refractivity contribution is 7.20. The molecule has 32 heavy (non-hydrogen) atoms. The summed E-state index contributed by atoms with van der Waals surface area (Å²) in [4.78, 5) is 30.7. The van der Waals surface area contributed by atoms with Crippen LogP contribution in [0.1, 0.15) is 33.8 Å². The maximum absolute atomic E-state index is 13.0. The molecule has 3 N–H and O–H groups in total. The summed E-state index contributed by atoms with van der Waals surface area (Å²) in [6, 6.07) is 9.59. The molecule has 3 aromatic rings.